The zero-order chi connectivity index (χ0) is 36.3. The van der Waals surface area contributed by atoms with Gasteiger partial charge in [-0.15, -0.1) is 0 Å². The van der Waals surface area contributed by atoms with E-state index in [9.17, 15) is 0 Å². The Kier molecular flexibility index (Phi) is 7.24. The maximum atomic E-state index is 6.57. The van der Waals surface area contributed by atoms with Crippen LogP contribution in [0.25, 0.3) is 89.0 Å². The number of hydrogen-bond donors (Lipinski definition) is 0. The summed E-state index contributed by atoms with van der Waals surface area (Å²) >= 11 is 0. The Morgan fingerprint density at radius 3 is 1.84 bits per heavy atom. The van der Waals surface area contributed by atoms with Crippen LogP contribution in [-0.2, 0) is 0 Å². The number of rotatable bonds is 5. The molecule has 0 fully saturated rings. The first-order chi connectivity index (χ1) is 27.3. The van der Waals surface area contributed by atoms with Crippen LogP contribution in [0.15, 0.2) is 182 Å². The van der Waals surface area contributed by atoms with Crippen LogP contribution in [0.5, 0.6) is 5.75 Å². The van der Waals surface area contributed by atoms with Crippen molar-refractivity contribution in [3.8, 4) is 62.3 Å². The van der Waals surface area contributed by atoms with Crippen molar-refractivity contribution in [1.82, 2.24) is 19.9 Å². The van der Waals surface area contributed by atoms with E-state index in [1.54, 1.807) is 0 Å². The van der Waals surface area contributed by atoms with Gasteiger partial charge in [0.2, 0.25) is 0 Å². The standard InChI is InChI=1S/C50H32N4O/c1-3-14-34(15-4-1)48-52-49(35-16-5-2-6-17-35)54-50(53-48)40-29-30-43-46(38-20-10-12-22-42(38)55-43)44(40)32-23-25-33(26-24-32)47-39-28-27-31-13-7-8-18-36(31)45(39)37-19-9-11-21-41(37)51-47/h1-30,38,42H. The summed E-state index contributed by atoms with van der Waals surface area (Å²) < 4.78 is 6.57. The predicted molar refractivity (Wildman–Crippen MR) is 223 cm³/mol. The quantitative estimate of drug-likeness (QED) is 0.167. The largest absolute Gasteiger partial charge is 0.485 e. The van der Waals surface area contributed by atoms with Crippen LogP contribution >= 0.6 is 0 Å². The Labute approximate surface area is 318 Å². The summed E-state index contributed by atoms with van der Waals surface area (Å²) in [7, 11) is 0. The Morgan fingerprint density at radius 2 is 1.07 bits per heavy atom. The van der Waals surface area contributed by atoms with Gasteiger partial charge in [0.15, 0.2) is 17.5 Å². The lowest BCUT2D eigenvalue weighted by molar-refractivity contribution is 0.269. The van der Waals surface area contributed by atoms with E-state index in [1.165, 1.54) is 16.2 Å². The van der Waals surface area contributed by atoms with E-state index in [0.717, 1.165) is 66.7 Å². The zero-order valence-corrected chi connectivity index (χ0v) is 29.7. The molecule has 9 aromatic rings. The molecule has 1 aliphatic heterocycles. The van der Waals surface area contributed by atoms with Gasteiger partial charge in [0, 0.05) is 55.5 Å². The van der Waals surface area contributed by atoms with E-state index in [-0.39, 0.29) is 12.0 Å². The topological polar surface area (TPSA) is 60.8 Å². The molecule has 5 heteroatoms. The van der Waals surface area contributed by atoms with E-state index in [4.69, 9.17) is 24.7 Å². The molecule has 5 nitrogen and oxygen atoms in total. The highest BCUT2D eigenvalue weighted by atomic mass is 16.5. The van der Waals surface area contributed by atoms with Crippen molar-refractivity contribution >= 4 is 32.4 Å². The number of para-hydroxylation sites is 1. The van der Waals surface area contributed by atoms with E-state index in [2.05, 4.69) is 121 Å². The van der Waals surface area contributed by atoms with Gasteiger partial charge in [-0.3, -0.25) is 0 Å². The Morgan fingerprint density at radius 1 is 0.436 bits per heavy atom. The molecule has 0 N–H and O–H groups in total. The summed E-state index contributed by atoms with van der Waals surface area (Å²) in [5.74, 6) is 2.80. The predicted octanol–water partition coefficient (Wildman–Crippen LogP) is 12.0. The molecule has 55 heavy (non-hydrogen) atoms. The van der Waals surface area contributed by atoms with Crippen molar-refractivity contribution in [3.63, 3.8) is 0 Å². The molecular formula is C50H32N4O. The van der Waals surface area contributed by atoms with Gasteiger partial charge < -0.3 is 4.74 Å². The van der Waals surface area contributed by atoms with Gasteiger partial charge in [-0.2, -0.15) is 0 Å². The number of ether oxygens (including phenoxy) is 1. The SMILES string of the molecule is C1=CC2Oc3ccc(-c4nc(-c5ccccc5)nc(-c5ccccc5)n4)c(-c4ccc(-c5nc6ccccc6c6c5ccc5ccccc56)cc4)c3C2C=C1. The van der Waals surface area contributed by atoms with Crippen molar-refractivity contribution in [3.05, 3.63) is 188 Å². The zero-order valence-electron chi connectivity index (χ0n) is 29.7. The first-order valence-corrected chi connectivity index (χ1v) is 18.6. The third-order valence-electron chi connectivity index (χ3n) is 10.9. The van der Waals surface area contributed by atoms with Gasteiger partial charge in [0.1, 0.15) is 11.9 Å². The van der Waals surface area contributed by atoms with Crippen molar-refractivity contribution < 1.29 is 4.74 Å². The lowest BCUT2D eigenvalue weighted by atomic mass is 9.83. The summed E-state index contributed by atoms with van der Waals surface area (Å²) in [4.78, 5) is 20.6. The number of hydrogen-bond acceptors (Lipinski definition) is 5. The molecule has 0 radical (unpaired) electrons. The molecule has 258 valence electrons. The smallest absolute Gasteiger partial charge is 0.164 e. The highest BCUT2D eigenvalue weighted by Crippen LogP contribution is 2.50. The van der Waals surface area contributed by atoms with E-state index in [1.807, 2.05) is 60.7 Å². The fourth-order valence-electron chi connectivity index (χ4n) is 8.30. The molecule has 0 amide bonds. The summed E-state index contributed by atoms with van der Waals surface area (Å²) in [5, 5.41) is 5.96. The monoisotopic (exact) mass is 704 g/mol. The summed E-state index contributed by atoms with van der Waals surface area (Å²) in [6, 6.07) is 54.7. The number of nitrogens with zero attached hydrogens (tertiary/aromatic N) is 4. The van der Waals surface area contributed by atoms with Crippen LogP contribution in [0.3, 0.4) is 0 Å². The molecule has 0 spiro atoms. The average molecular weight is 705 g/mol. The van der Waals surface area contributed by atoms with E-state index >= 15 is 0 Å². The second-order valence-corrected chi connectivity index (χ2v) is 14.1. The Hall–Kier alpha value is -7.24. The van der Waals surface area contributed by atoms with Crippen molar-refractivity contribution in [2.75, 3.05) is 0 Å². The molecule has 2 unspecified atom stereocenters. The maximum Gasteiger partial charge on any atom is 0.164 e. The third kappa shape index (κ3) is 5.24. The second kappa shape index (κ2) is 12.7. The van der Waals surface area contributed by atoms with Crippen LogP contribution in [-0.4, -0.2) is 26.0 Å². The summed E-state index contributed by atoms with van der Waals surface area (Å²) in [6.45, 7) is 0. The van der Waals surface area contributed by atoms with Crippen LogP contribution in [0.2, 0.25) is 0 Å². The van der Waals surface area contributed by atoms with Crippen molar-refractivity contribution in [2.45, 2.75) is 12.0 Å². The number of benzene rings is 7. The second-order valence-electron chi connectivity index (χ2n) is 14.1. The van der Waals surface area contributed by atoms with Crippen LogP contribution in [0.4, 0.5) is 0 Å². The average Bonchev–Trinajstić information content (AvgIpc) is 3.65. The summed E-state index contributed by atoms with van der Waals surface area (Å²) in [6.07, 6.45) is 8.49. The third-order valence-corrected chi connectivity index (χ3v) is 10.9. The fourth-order valence-corrected chi connectivity index (χ4v) is 8.30. The van der Waals surface area contributed by atoms with Crippen LogP contribution in [0, 0.1) is 0 Å². The van der Waals surface area contributed by atoms with Crippen molar-refractivity contribution in [2.24, 2.45) is 0 Å². The molecule has 7 aromatic carbocycles. The minimum Gasteiger partial charge on any atom is -0.485 e. The van der Waals surface area contributed by atoms with Gasteiger partial charge in [-0.1, -0.05) is 158 Å². The lowest BCUT2D eigenvalue weighted by Crippen LogP contribution is -2.16. The Bertz CT molecular complexity index is 2940. The molecule has 11 rings (SSSR count). The molecule has 2 atom stereocenters. The van der Waals surface area contributed by atoms with Crippen LogP contribution < -0.4 is 4.74 Å². The molecule has 0 bridgehead atoms. The molecule has 1 aliphatic carbocycles. The lowest BCUT2D eigenvalue weighted by Gasteiger charge is -2.19. The minimum atomic E-state index is -0.0746. The number of aromatic nitrogens is 4. The molecule has 0 saturated carbocycles. The van der Waals surface area contributed by atoms with Crippen molar-refractivity contribution in [1.29, 1.82) is 0 Å². The van der Waals surface area contributed by atoms with E-state index < -0.39 is 0 Å². The first-order valence-electron chi connectivity index (χ1n) is 18.6. The van der Waals surface area contributed by atoms with Gasteiger partial charge in [-0.05, 0) is 40.6 Å². The molecular weight excluding hydrogens is 673 g/mol. The van der Waals surface area contributed by atoms with Gasteiger partial charge >= 0.3 is 0 Å². The van der Waals surface area contributed by atoms with Gasteiger partial charge in [0.05, 0.1) is 11.2 Å². The summed E-state index contributed by atoms with van der Waals surface area (Å²) in [5.41, 5.74) is 9.04. The molecule has 3 heterocycles. The van der Waals surface area contributed by atoms with Gasteiger partial charge in [0.25, 0.3) is 0 Å². The Balaban J connectivity index is 1.12. The highest BCUT2D eigenvalue weighted by molar-refractivity contribution is 6.22. The normalized spacial score (nSPS) is 15.6. The molecule has 2 aromatic heterocycles. The number of allylic oxidation sites excluding steroid dienone is 2. The maximum absolute atomic E-state index is 6.57. The van der Waals surface area contributed by atoms with E-state index in [0.29, 0.717) is 17.5 Å². The molecule has 2 aliphatic rings. The molecule has 0 saturated heterocycles. The number of fused-ring (bicyclic) bond motifs is 8. The minimum absolute atomic E-state index is 0.0537. The number of pyridine rings is 1. The first kappa shape index (κ1) is 31.3. The fraction of sp³-hybridized carbons (Fsp3) is 0.0400. The van der Waals surface area contributed by atoms with Gasteiger partial charge in [-0.25, -0.2) is 19.9 Å². The van der Waals surface area contributed by atoms with Crippen LogP contribution in [0.1, 0.15) is 11.5 Å². The highest BCUT2D eigenvalue weighted by Gasteiger charge is 2.36.